The fourth-order valence-electron chi connectivity index (χ4n) is 1.73. The number of hydrogen-bond donors (Lipinski definition) is 3. The molecule has 1 aromatic rings. The molecule has 0 aromatic heterocycles. The monoisotopic (exact) mass is 277 g/mol. The van der Waals surface area contributed by atoms with Crippen LogP contribution < -0.4 is 10.8 Å². The van der Waals surface area contributed by atoms with Crippen LogP contribution >= 0.6 is 0 Å². The highest BCUT2D eigenvalue weighted by molar-refractivity contribution is 5.55. The van der Waals surface area contributed by atoms with E-state index in [9.17, 15) is 4.39 Å². The van der Waals surface area contributed by atoms with E-state index in [2.05, 4.69) is 10.3 Å². The number of aliphatic imine (C=N–C) groups is 1. The topological polar surface area (TPSA) is 65.9 Å². The standard InChI is InChI=1S/C14H16FN3O2/c1-10-13(16-9-17-19)6-7-14(18-10)20-8-11-2-4-12(15)5-3-11/h2-7,9-10,18-19H,8H2,1H3,(H,16,17). The molecule has 1 heterocycles. The summed E-state index contributed by atoms with van der Waals surface area (Å²) in [5, 5.41) is 11.6. The van der Waals surface area contributed by atoms with Crippen LogP contribution in [0.4, 0.5) is 4.39 Å². The summed E-state index contributed by atoms with van der Waals surface area (Å²) in [7, 11) is 0. The summed E-state index contributed by atoms with van der Waals surface area (Å²) in [6.07, 6.45) is 4.75. The number of ether oxygens (including phenoxy) is 1. The lowest BCUT2D eigenvalue weighted by Gasteiger charge is -2.22. The van der Waals surface area contributed by atoms with Gasteiger partial charge in [-0.05, 0) is 36.8 Å². The zero-order valence-electron chi connectivity index (χ0n) is 11.0. The van der Waals surface area contributed by atoms with Crippen molar-refractivity contribution in [2.75, 3.05) is 0 Å². The maximum atomic E-state index is 12.8. The number of allylic oxidation sites excluding steroid dienone is 2. The van der Waals surface area contributed by atoms with Gasteiger partial charge in [0.25, 0.3) is 0 Å². The van der Waals surface area contributed by atoms with E-state index in [-0.39, 0.29) is 11.9 Å². The lowest BCUT2D eigenvalue weighted by molar-refractivity contribution is 0.172. The zero-order valence-corrected chi connectivity index (χ0v) is 11.0. The van der Waals surface area contributed by atoms with Crippen molar-refractivity contribution in [1.29, 1.82) is 0 Å². The molecule has 0 spiro atoms. The molecular formula is C14H16FN3O2. The van der Waals surface area contributed by atoms with Gasteiger partial charge in [-0.25, -0.2) is 9.38 Å². The second kappa shape index (κ2) is 6.72. The summed E-state index contributed by atoms with van der Waals surface area (Å²) in [6, 6.07) is 6.13. The second-order valence-corrected chi connectivity index (χ2v) is 4.29. The van der Waals surface area contributed by atoms with E-state index in [4.69, 9.17) is 9.94 Å². The third-order valence-corrected chi connectivity index (χ3v) is 2.79. The number of benzene rings is 1. The molecule has 1 atom stereocenters. The maximum Gasteiger partial charge on any atom is 0.187 e. The van der Waals surface area contributed by atoms with Crippen molar-refractivity contribution in [3.05, 3.63) is 59.4 Å². The van der Waals surface area contributed by atoms with Crippen LogP contribution in [-0.2, 0) is 11.3 Å². The number of rotatable bonds is 5. The summed E-state index contributed by atoms with van der Waals surface area (Å²) in [4.78, 5) is 4.02. The van der Waals surface area contributed by atoms with Gasteiger partial charge in [-0.1, -0.05) is 12.1 Å². The molecule has 1 aliphatic heterocycles. The van der Waals surface area contributed by atoms with Crippen LogP contribution in [0.3, 0.4) is 0 Å². The first kappa shape index (κ1) is 14.1. The minimum Gasteiger partial charge on any atom is -0.474 e. The molecular weight excluding hydrogens is 261 g/mol. The number of nitrogens with zero attached hydrogens (tertiary/aromatic N) is 1. The average Bonchev–Trinajstić information content (AvgIpc) is 2.46. The quantitative estimate of drug-likeness (QED) is 0.438. The molecule has 0 bridgehead atoms. The largest absolute Gasteiger partial charge is 0.474 e. The third-order valence-electron chi connectivity index (χ3n) is 2.79. The highest BCUT2D eigenvalue weighted by Gasteiger charge is 2.13. The minimum atomic E-state index is -0.264. The normalized spacial score (nSPS) is 18.2. The Morgan fingerprint density at radius 3 is 2.80 bits per heavy atom. The fraction of sp³-hybridized carbons (Fsp3) is 0.214. The third kappa shape index (κ3) is 3.83. The molecule has 0 amide bonds. The van der Waals surface area contributed by atoms with Crippen molar-refractivity contribution in [3.8, 4) is 0 Å². The summed E-state index contributed by atoms with van der Waals surface area (Å²) in [5.74, 6) is 0.359. The van der Waals surface area contributed by atoms with Crippen molar-refractivity contribution >= 4 is 6.34 Å². The van der Waals surface area contributed by atoms with Gasteiger partial charge in [0.1, 0.15) is 18.8 Å². The van der Waals surface area contributed by atoms with E-state index in [1.807, 2.05) is 12.4 Å². The zero-order chi connectivity index (χ0) is 14.4. The van der Waals surface area contributed by atoms with Gasteiger partial charge in [-0.15, -0.1) is 0 Å². The van der Waals surface area contributed by atoms with Crippen LogP contribution in [0.5, 0.6) is 0 Å². The minimum absolute atomic E-state index is 0.0344. The Labute approximate surface area is 116 Å². The molecule has 6 heteroatoms. The smallest absolute Gasteiger partial charge is 0.187 e. The Morgan fingerprint density at radius 1 is 1.40 bits per heavy atom. The Kier molecular flexibility index (Phi) is 4.73. The molecule has 0 saturated carbocycles. The Morgan fingerprint density at radius 2 is 2.15 bits per heavy atom. The van der Waals surface area contributed by atoms with Gasteiger partial charge in [0, 0.05) is 0 Å². The van der Waals surface area contributed by atoms with Crippen LogP contribution in [0.2, 0.25) is 0 Å². The Hall–Kier alpha value is -2.34. The highest BCUT2D eigenvalue weighted by Crippen LogP contribution is 2.14. The van der Waals surface area contributed by atoms with Gasteiger partial charge in [-0.2, -0.15) is 0 Å². The highest BCUT2D eigenvalue weighted by atomic mass is 19.1. The van der Waals surface area contributed by atoms with Crippen molar-refractivity contribution in [2.45, 2.75) is 19.6 Å². The van der Waals surface area contributed by atoms with Crippen molar-refractivity contribution in [1.82, 2.24) is 10.8 Å². The SMILES string of the molecule is CC1NC(OCc2ccc(F)cc2)=CC=C1N=CNO. The summed E-state index contributed by atoms with van der Waals surface area (Å²) in [5.41, 5.74) is 3.51. The van der Waals surface area contributed by atoms with Crippen LogP contribution in [-0.4, -0.2) is 17.6 Å². The van der Waals surface area contributed by atoms with Gasteiger partial charge in [0.05, 0.1) is 11.7 Å². The summed E-state index contributed by atoms with van der Waals surface area (Å²) in [6.45, 7) is 2.28. The number of hydrogen-bond acceptors (Lipinski definition) is 4. The lowest BCUT2D eigenvalue weighted by Crippen LogP contribution is -2.30. The second-order valence-electron chi connectivity index (χ2n) is 4.29. The van der Waals surface area contributed by atoms with Crippen LogP contribution in [0.1, 0.15) is 12.5 Å². The number of hydroxylamine groups is 1. The lowest BCUT2D eigenvalue weighted by atomic mass is 10.2. The first-order chi connectivity index (χ1) is 9.69. The molecule has 0 aliphatic carbocycles. The average molecular weight is 277 g/mol. The van der Waals surface area contributed by atoms with E-state index in [1.165, 1.54) is 18.5 Å². The molecule has 106 valence electrons. The van der Waals surface area contributed by atoms with Crippen molar-refractivity contribution in [2.24, 2.45) is 4.99 Å². The summed E-state index contributed by atoms with van der Waals surface area (Å²) >= 11 is 0. The van der Waals surface area contributed by atoms with E-state index in [0.29, 0.717) is 12.5 Å². The Balaban J connectivity index is 1.94. The number of halogens is 1. The van der Waals surface area contributed by atoms with E-state index >= 15 is 0 Å². The fourth-order valence-corrected chi connectivity index (χ4v) is 1.73. The molecule has 20 heavy (non-hydrogen) atoms. The van der Waals surface area contributed by atoms with E-state index in [0.717, 1.165) is 11.3 Å². The van der Waals surface area contributed by atoms with Gasteiger partial charge in [0.2, 0.25) is 0 Å². The molecule has 0 radical (unpaired) electrons. The maximum absolute atomic E-state index is 12.8. The molecule has 5 nitrogen and oxygen atoms in total. The van der Waals surface area contributed by atoms with Crippen LogP contribution in [0.15, 0.2) is 53.0 Å². The van der Waals surface area contributed by atoms with Crippen LogP contribution in [0.25, 0.3) is 0 Å². The molecule has 1 unspecified atom stereocenters. The van der Waals surface area contributed by atoms with Crippen LogP contribution in [0, 0.1) is 5.82 Å². The van der Waals surface area contributed by atoms with Gasteiger partial charge in [-0.3, -0.25) is 10.7 Å². The molecule has 0 saturated heterocycles. The number of dihydropyridines is 1. The molecule has 1 aliphatic rings. The first-order valence-corrected chi connectivity index (χ1v) is 6.17. The van der Waals surface area contributed by atoms with Gasteiger partial charge in [0.15, 0.2) is 5.88 Å². The summed E-state index contributed by atoms with van der Waals surface area (Å²) < 4.78 is 18.4. The number of nitrogens with one attached hydrogen (secondary N) is 2. The van der Waals surface area contributed by atoms with Gasteiger partial charge < -0.3 is 10.1 Å². The Bertz CT molecular complexity index is 538. The predicted molar refractivity (Wildman–Crippen MR) is 73.4 cm³/mol. The van der Waals surface area contributed by atoms with Crippen molar-refractivity contribution in [3.63, 3.8) is 0 Å². The predicted octanol–water partition coefficient (Wildman–Crippen LogP) is 2.07. The molecule has 1 aromatic carbocycles. The molecule has 0 fully saturated rings. The molecule has 2 rings (SSSR count). The van der Waals surface area contributed by atoms with Gasteiger partial charge >= 0.3 is 0 Å². The molecule has 3 N–H and O–H groups in total. The van der Waals surface area contributed by atoms with E-state index in [1.54, 1.807) is 24.3 Å². The first-order valence-electron chi connectivity index (χ1n) is 6.17. The van der Waals surface area contributed by atoms with E-state index < -0.39 is 0 Å². The van der Waals surface area contributed by atoms with Crippen molar-refractivity contribution < 1.29 is 14.3 Å².